The van der Waals surface area contributed by atoms with E-state index in [4.69, 9.17) is 0 Å². The van der Waals surface area contributed by atoms with Crippen molar-refractivity contribution in [2.45, 2.75) is 25.2 Å². The summed E-state index contributed by atoms with van der Waals surface area (Å²) in [4.78, 5) is 11.0. The molecule has 1 saturated heterocycles. The van der Waals surface area contributed by atoms with Crippen LogP contribution in [0.15, 0.2) is 55.1 Å². The molecule has 1 fully saturated rings. The third-order valence-electron chi connectivity index (χ3n) is 4.69. The summed E-state index contributed by atoms with van der Waals surface area (Å²) in [5.41, 5.74) is 3.89. The van der Waals surface area contributed by atoms with E-state index in [1.54, 1.807) is 12.4 Å². The predicted molar refractivity (Wildman–Crippen MR) is 94.1 cm³/mol. The van der Waals surface area contributed by atoms with Gasteiger partial charge in [-0.1, -0.05) is 30.3 Å². The SMILES string of the molecule is c1ccc(Cc2cn[nH]c2C2CCCN(c3cnccn3)C2)cc1. The largest absolute Gasteiger partial charge is 0.355 e. The summed E-state index contributed by atoms with van der Waals surface area (Å²) in [6.07, 6.45) is 10.6. The Labute approximate surface area is 141 Å². The molecule has 2 aromatic heterocycles. The van der Waals surface area contributed by atoms with Gasteiger partial charge in [0.2, 0.25) is 0 Å². The molecule has 122 valence electrons. The summed E-state index contributed by atoms with van der Waals surface area (Å²) >= 11 is 0. The van der Waals surface area contributed by atoms with Crippen LogP contribution in [-0.4, -0.2) is 33.3 Å². The monoisotopic (exact) mass is 319 g/mol. The molecule has 1 unspecified atom stereocenters. The van der Waals surface area contributed by atoms with Crippen molar-refractivity contribution in [3.63, 3.8) is 0 Å². The van der Waals surface area contributed by atoms with E-state index < -0.39 is 0 Å². The van der Waals surface area contributed by atoms with Gasteiger partial charge in [0.25, 0.3) is 0 Å². The highest BCUT2D eigenvalue weighted by molar-refractivity contribution is 5.38. The van der Waals surface area contributed by atoms with Crippen LogP contribution in [0.5, 0.6) is 0 Å². The zero-order valence-corrected chi connectivity index (χ0v) is 13.6. The highest BCUT2D eigenvalue weighted by Gasteiger charge is 2.25. The number of benzene rings is 1. The zero-order chi connectivity index (χ0) is 16.2. The number of rotatable bonds is 4. The quantitative estimate of drug-likeness (QED) is 0.802. The normalized spacial score (nSPS) is 17.8. The molecule has 1 aliphatic rings. The van der Waals surface area contributed by atoms with Crippen LogP contribution in [0.3, 0.4) is 0 Å². The fourth-order valence-electron chi connectivity index (χ4n) is 3.51. The summed E-state index contributed by atoms with van der Waals surface area (Å²) in [6, 6.07) is 10.6. The topological polar surface area (TPSA) is 57.7 Å². The summed E-state index contributed by atoms with van der Waals surface area (Å²) in [7, 11) is 0. The van der Waals surface area contributed by atoms with E-state index in [-0.39, 0.29) is 0 Å². The summed E-state index contributed by atoms with van der Waals surface area (Å²) in [5, 5.41) is 7.57. The second-order valence-corrected chi connectivity index (χ2v) is 6.32. The second kappa shape index (κ2) is 6.83. The Kier molecular flexibility index (Phi) is 4.23. The lowest BCUT2D eigenvalue weighted by Crippen LogP contribution is -2.35. The maximum atomic E-state index is 4.45. The second-order valence-electron chi connectivity index (χ2n) is 6.32. The highest BCUT2D eigenvalue weighted by atomic mass is 15.2. The molecule has 1 aromatic carbocycles. The van der Waals surface area contributed by atoms with Crippen LogP contribution in [0.25, 0.3) is 0 Å². The lowest BCUT2D eigenvalue weighted by Gasteiger charge is -2.33. The van der Waals surface area contributed by atoms with Crippen LogP contribution in [0.2, 0.25) is 0 Å². The van der Waals surface area contributed by atoms with Gasteiger partial charge < -0.3 is 4.90 Å². The molecule has 0 saturated carbocycles. The molecule has 3 heterocycles. The van der Waals surface area contributed by atoms with Gasteiger partial charge in [0, 0.05) is 43.5 Å². The number of hydrogen-bond acceptors (Lipinski definition) is 4. The number of nitrogens with one attached hydrogen (secondary N) is 1. The first-order chi connectivity index (χ1) is 11.9. The maximum Gasteiger partial charge on any atom is 0.147 e. The number of nitrogens with zero attached hydrogens (tertiary/aromatic N) is 4. The minimum atomic E-state index is 0.460. The zero-order valence-electron chi connectivity index (χ0n) is 13.6. The van der Waals surface area contributed by atoms with Gasteiger partial charge in [-0.15, -0.1) is 0 Å². The lowest BCUT2D eigenvalue weighted by molar-refractivity contribution is 0.495. The molecule has 0 spiro atoms. The molecule has 4 rings (SSSR count). The third kappa shape index (κ3) is 3.15. The van der Waals surface area contributed by atoms with Crippen LogP contribution < -0.4 is 4.90 Å². The first-order valence-electron chi connectivity index (χ1n) is 8.47. The van der Waals surface area contributed by atoms with E-state index in [2.05, 4.69) is 55.4 Å². The number of piperidine rings is 1. The highest BCUT2D eigenvalue weighted by Crippen LogP contribution is 2.30. The number of hydrogen-bond donors (Lipinski definition) is 1. The van der Waals surface area contributed by atoms with Gasteiger partial charge in [-0.25, -0.2) is 4.98 Å². The van der Waals surface area contributed by atoms with E-state index in [1.807, 2.05) is 12.4 Å². The fourth-order valence-corrected chi connectivity index (χ4v) is 3.51. The van der Waals surface area contributed by atoms with Crippen molar-refractivity contribution < 1.29 is 0 Å². The molecule has 3 aromatic rings. The van der Waals surface area contributed by atoms with E-state index in [0.29, 0.717) is 5.92 Å². The summed E-state index contributed by atoms with van der Waals surface area (Å²) < 4.78 is 0. The van der Waals surface area contributed by atoms with Crippen LogP contribution in [-0.2, 0) is 6.42 Å². The van der Waals surface area contributed by atoms with E-state index in [9.17, 15) is 0 Å². The van der Waals surface area contributed by atoms with Crippen molar-refractivity contribution >= 4 is 5.82 Å². The Balaban J connectivity index is 1.53. The molecule has 0 radical (unpaired) electrons. The molecule has 0 bridgehead atoms. The van der Waals surface area contributed by atoms with Crippen LogP contribution in [0.4, 0.5) is 5.82 Å². The molecule has 1 atom stereocenters. The first-order valence-corrected chi connectivity index (χ1v) is 8.47. The molecule has 1 N–H and O–H groups in total. The number of anilines is 1. The number of aromatic amines is 1. The van der Waals surface area contributed by atoms with Crippen LogP contribution in [0.1, 0.15) is 35.6 Å². The van der Waals surface area contributed by atoms with Gasteiger partial charge in [-0.3, -0.25) is 10.1 Å². The first kappa shape index (κ1) is 14.9. The maximum absolute atomic E-state index is 4.45. The van der Waals surface area contributed by atoms with Gasteiger partial charge in [0.05, 0.1) is 12.4 Å². The predicted octanol–water partition coefficient (Wildman–Crippen LogP) is 3.17. The van der Waals surface area contributed by atoms with Crippen molar-refractivity contribution in [2.75, 3.05) is 18.0 Å². The molecular formula is C19H21N5. The van der Waals surface area contributed by atoms with Crippen molar-refractivity contribution in [1.82, 2.24) is 20.2 Å². The van der Waals surface area contributed by atoms with Gasteiger partial charge in [0.1, 0.15) is 5.82 Å². The molecule has 1 aliphatic heterocycles. The average Bonchev–Trinajstić information content (AvgIpc) is 3.12. The molecule has 0 aliphatic carbocycles. The molecule has 5 heteroatoms. The van der Waals surface area contributed by atoms with Gasteiger partial charge in [-0.2, -0.15) is 5.10 Å². The average molecular weight is 319 g/mol. The van der Waals surface area contributed by atoms with Gasteiger partial charge in [-0.05, 0) is 24.0 Å². The number of aromatic nitrogens is 4. The number of H-pyrrole nitrogens is 1. The van der Waals surface area contributed by atoms with Crippen LogP contribution >= 0.6 is 0 Å². The van der Waals surface area contributed by atoms with E-state index in [0.717, 1.165) is 31.7 Å². The minimum absolute atomic E-state index is 0.460. The van der Waals surface area contributed by atoms with Crippen LogP contribution in [0, 0.1) is 0 Å². The van der Waals surface area contributed by atoms with Crippen molar-refractivity contribution in [1.29, 1.82) is 0 Å². The van der Waals surface area contributed by atoms with Crippen molar-refractivity contribution in [2.24, 2.45) is 0 Å². The Bertz CT molecular complexity index is 769. The van der Waals surface area contributed by atoms with Gasteiger partial charge >= 0.3 is 0 Å². The fraction of sp³-hybridized carbons (Fsp3) is 0.316. The van der Waals surface area contributed by atoms with E-state index in [1.165, 1.54) is 23.2 Å². The molecule has 0 amide bonds. The standard InChI is InChI=1S/C19H21N5/c1-2-5-15(6-3-1)11-17-12-22-23-19(17)16-7-4-10-24(14-16)18-13-20-8-9-21-18/h1-3,5-6,8-9,12-13,16H,4,7,10-11,14H2,(H,22,23). The Morgan fingerprint density at radius 2 is 2.04 bits per heavy atom. The Hall–Kier alpha value is -2.69. The van der Waals surface area contributed by atoms with Crippen molar-refractivity contribution in [3.8, 4) is 0 Å². The lowest BCUT2D eigenvalue weighted by atomic mass is 9.91. The Morgan fingerprint density at radius 1 is 1.12 bits per heavy atom. The smallest absolute Gasteiger partial charge is 0.147 e. The Morgan fingerprint density at radius 3 is 2.88 bits per heavy atom. The molecule has 5 nitrogen and oxygen atoms in total. The summed E-state index contributed by atoms with van der Waals surface area (Å²) in [5.74, 6) is 1.42. The molecule has 24 heavy (non-hydrogen) atoms. The van der Waals surface area contributed by atoms with Crippen molar-refractivity contribution in [3.05, 3.63) is 71.9 Å². The minimum Gasteiger partial charge on any atom is -0.355 e. The van der Waals surface area contributed by atoms with E-state index >= 15 is 0 Å². The third-order valence-corrected chi connectivity index (χ3v) is 4.69. The summed E-state index contributed by atoms with van der Waals surface area (Å²) in [6.45, 7) is 2.00. The van der Waals surface area contributed by atoms with Gasteiger partial charge in [0.15, 0.2) is 0 Å². The molecular weight excluding hydrogens is 298 g/mol.